The Balaban J connectivity index is 3.03. The van der Waals surface area contributed by atoms with E-state index in [0.717, 1.165) is 31.5 Å². The lowest BCUT2D eigenvalue weighted by Gasteiger charge is -2.28. The predicted octanol–water partition coefficient (Wildman–Crippen LogP) is 6.65. The maximum absolute atomic E-state index is 12.8. The molecule has 1 amide bonds. The molecule has 0 saturated carbocycles. The summed E-state index contributed by atoms with van der Waals surface area (Å²) in [5, 5.41) is 0. The first-order chi connectivity index (χ1) is 12.9. The molecule has 0 aliphatic carbocycles. The van der Waals surface area contributed by atoms with Gasteiger partial charge in [0.1, 0.15) is 0 Å². The fraction of sp³-hybridized carbons (Fsp3) is 0.708. The minimum Gasteiger partial charge on any atom is -0.312 e. The second kappa shape index (κ2) is 13.3. The van der Waals surface area contributed by atoms with Crippen LogP contribution in [-0.2, 0) is 17.6 Å². The Morgan fingerprint density at radius 3 is 2.19 bits per heavy atom. The summed E-state index contributed by atoms with van der Waals surface area (Å²) < 4.78 is 0. The molecule has 0 heterocycles. The first kappa shape index (κ1) is 24.2. The van der Waals surface area contributed by atoms with E-state index in [4.69, 9.17) is 0 Å². The number of amides is 1. The van der Waals surface area contributed by atoms with Crippen LogP contribution >= 0.6 is 9.24 Å². The largest absolute Gasteiger partial charge is 0.312 e. The lowest BCUT2D eigenvalue weighted by molar-refractivity contribution is -0.116. The van der Waals surface area contributed by atoms with Gasteiger partial charge >= 0.3 is 0 Å². The SMILES string of the molecule is CCCCCCCCN(C(=O)CP)c1cccc(CC(C)C)c1CC(C)C. The zero-order valence-corrected chi connectivity index (χ0v) is 19.5. The van der Waals surface area contributed by atoms with Crippen molar-refractivity contribution in [3.63, 3.8) is 0 Å². The van der Waals surface area contributed by atoms with Gasteiger partial charge in [0.15, 0.2) is 0 Å². The summed E-state index contributed by atoms with van der Waals surface area (Å²) in [4.78, 5) is 14.8. The molecule has 1 atom stereocenters. The third kappa shape index (κ3) is 8.77. The maximum atomic E-state index is 12.8. The summed E-state index contributed by atoms with van der Waals surface area (Å²) in [6.07, 6.45) is 10.1. The first-order valence-corrected chi connectivity index (χ1v) is 11.8. The molecule has 0 spiro atoms. The van der Waals surface area contributed by atoms with E-state index in [-0.39, 0.29) is 5.91 Å². The maximum Gasteiger partial charge on any atom is 0.230 e. The topological polar surface area (TPSA) is 20.3 Å². The first-order valence-electron chi connectivity index (χ1n) is 11.0. The molecule has 0 aromatic heterocycles. The van der Waals surface area contributed by atoms with E-state index < -0.39 is 0 Å². The summed E-state index contributed by atoms with van der Waals surface area (Å²) in [5.74, 6) is 1.43. The Bertz CT molecular complexity index is 553. The third-order valence-electron chi connectivity index (χ3n) is 4.99. The molecule has 0 radical (unpaired) electrons. The highest BCUT2D eigenvalue weighted by atomic mass is 31.0. The molecule has 1 rings (SSSR count). The van der Waals surface area contributed by atoms with Crippen molar-refractivity contribution in [2.45, 2.75) is 86.0 Å². The number of carbonyl (C=O) groups excluding carboxylic acids is 1. The summed E-state index contributed by atoms with van der Waals surface area (Å²) in [7, 11) is 2.61. The zero-order chi connectivity index (χ0) is 20.2. The molecular weight excluding hydrogens is 349 g/mol. The molecule has 0 bridgehead atoms. The highest BCUT2D eigenvalue weighted by Gasteiger charge is 2.20. The number of rotatable bonds is 13. The van der Waals surface area contributed by atoms with Crippen LogP contribution < -0.4 is 4.90 Å². The lowest BCUT2D eigenvalue weighted by Crippen LogP contribution is -2.34. The van der Waals surface area contributed by atoms with Gasteiger partial charge in [-0.05, 0) is 48.3 Å². The Hall–Kier alpha value is -0.880. The molecule has 0 aliphatic rings. The average molecular weight is 392 g/mol. The van der Waals surface area contributed by atoms with Crippen LogP contribution in [0, 0.1) is 11.8 Å². The lowest BCUT2D eigenvalue weighted by atomic mass is 9.91. The summed E-state index contributed by atoms with van der Waals surface area (Å²) in [6.45, 7) is 12.2. The number of benzene rings is 1. The van der Waals surface area contributed by atoms with Crippen LogP contribution in [-0.4, -0.2) is 18.6 Å². The molecule has 1 aromatic rings. The van der Waals surface area contributed by atoms with Crippen molar-refractivity contribution < 1.29 is 4.79 Å². The molecule has 1 aromatic carbocycles. The fourth-order valence-corrected chi connectivity index (χ4v) is 3.91. The molecular formula is C24H42NOP. The second-order valence-electron chi connectivity index (χ2n) is 8.63. The standard InChI is InChI=1S/C24H42NOP/c1-6-7-8-9-10-11-15-25(24(26)18-27)23-14-12-13-21(16-19(2)3)22(23)17-20(4)5/h12-14,19-20H,6-11,15-18,27H2,1-5H3. The van der Waals surface area contributed by atoms with Crippen molar-refractivity contribution in [3.05, 3.63) is 29.3 Å². The Morgan fingerprint density at radius 1 is 0.963 bits per heavy atom. The van der Waals surface area contributed by atoms with Crippen LogP contribution in [0.15, 0.2) is 18.2 Å². The highest BCUT2D eigenvalue weighted by molar-refractivity contribution is 7.18. The van der Waals surface area contributed by atoms with Gasteiger partial charge < -0.3 is 4.90 Å². The number of hydrogen-bond acceptors (Lipinski definition) is 1. The summed E-state index contributed by atoms with van der Waals surface area (Å²) in [5.41, 5.74) is 3.96. The number of anilines is 1. The number of nitrogens with zero attached hydrogens (tertiary/aromatic N) is 1. The van der Waals surface area contributed by atoms with Gasteiger partial charge in [0.2, 0.25) is 5.91 Å². The van der Waals surface area contributed by atoms with Gasteiger partial charge in [-0.15, -0.1) is 9.24 Å². The van der Waals surface area contributed by atoms with Crippen LogP contribution in [0.4, 0.5) is 5.69 Å². The monoisotopic (exact) mass is 391 g/mol. The van der Waals surface area contributed by atoms with Gasteiger partial charge in [-0.3, -0.25) is 4.79 Å². The Kier molecular flexibility index (Phi) is 11.9. The molecule has 3 heteroatoms. The van der Waals surface area contributed by atoms with Crippen LogP contribution in [0.1, 0.15) is 84.3 Å². The van der Waals surface area contributed by atoms with E-state index in [1.165, 1.54) is 43.2 Å². The molecule has 154 valence electrons. The van der Waals surface area contributed by atoms with E-state index in [2.05, 4.69) is 67.0 Å². The van der Waals surface area contributed by atoms with Gasteiger partial charge in [0, 0.05) is 18.4 Å². The van der Waals surface area contributed by atoms with Crippen molar-refractivity contribution in [1.29, 1.82) is 0 Å². The zero-order valence-electron chi connectivity index (χ0n) is 18.4. The van der Waals surface area contributed by atoms with Gasteiger partial charge in [0.25, 0.3) is 0 Å². The normalized spacial score (nSPS) is 11.4. The summed E-state index contributed by atoms with van der Waals surface area (Å²) in [6, 6.07) is 6.56. The fourth-order valence-electron chi connectivity index (χ4n) is 3.69. The Morgan fingerprint density at radius 2 is 1.59 bits per heavy atom. The van der Waals surface area contributed by atoms with Crippen molar-refractivity contribution in [2.24, 2.45) is 11.8 Å². The second-order valence-corrected chi connectivity index (χ2v) is 9.04. The van der Waals surface area contributed by atoms with Crippen LogP contribution in [0.2, 0.25) is 0 Å². The molecule has 1 unspecified atom stereocenters. The summed E-state index contributed by atoms with van der Waals surface area (Å²) >= 11 is 0. The van der Waals surface area contributed by atoms with Crippen molar-refractivity contribution >= 4 is 20.8 Å². The molecule has 0 aliphatic heterocycles. The van der Waals surface area contributed by atoms with Gasteiger partial charge in [0.05, 0.1) is 0 Å². The predicted molar refractivity (Wildman–Crippen MR) is 124 cm³/mol. The van der Waals surface area contributed by atoms with Crippen LogP contribution in [0.5, 0.6) is 0 Å². The molecule has 27 heavy (non-hydrogen) atoms. The van der Waals surface area contributed by atoms with E-state index in [0.29, 0.717) is 18.0 Å². The number of hydrogen-bond donors (Lipinski definition) is 0. The smallest absolute Gasteiger partial charge is 0.230 e. The van der Waals surface area contributed by atoms with E-state index >= 15 is 0 Å². The van der Waals surface area contributed by atoms with Crippen molar-refractivity contribution in [3.8, 4) is 0 Å². The number of carbonyl (C=O) groups is 1. The third-order valence-corrected chi connectivity index (χ3v) is 5.34. The highest BCUT2D eigenvalue weighted by Crippen LogP contribution is 2.29. The van der Waals surface area contributed by atoms with E-state index in [9.17, 15) is 4.79 Å². The van der Waals surface area contributed by atoms with Gasteiger partial charge in [-0.25, -0.2) is 0 Å². The molecule has 2 nitrogen and oxygen atoms in total. The average Bonchev–Trinajstić information content (AvgIpc) is 2.61. The van der Waals surface area contributed by atoms with Gasteiger partial charge in [-0.1, -0.05) is 78.9 Å². The van der Waals surface area contributed by atoms with E-state index in [1.54, 1.807) is 0 Å². The van der Waals surface area contributed by atoms with Crippen LogP contribution in [0.3, 0.4) is 0 Å². The minimum atomic E-state index is 0.222. The van der Waals surface area contributed by atoms with Gasteiger partial charge in [-0.2, -0.15) is 0 Å². The number of unbranched alkanes of at least 4 members (excludes halogenated alkanes) is 5. The van der Waals surface area contributed by atoms with Crippen LogP contribution in [0.25, 0.3) is 0 Å². The van der Waals surface area contributed by atoms with Crippen molar-refractivity contribution in [2.75, 3.05) is 17.6 Å². The molecule has 0 fully saturated rings. The van der Waals surface area contributed by atoms with E-state index in [1.807, 2.05) is 0 Å². The Labute approximate surface area is 170 Å². The molecule has 0 saturated heterocycles. The minimum absolute atomic E-state index is 0.222. The quantitative estimate of drug-likeness (QED) is 0.272. The molecule has 0 N–H and O–H groups in total. The van der Waals surface area contributed by atoms with Crippen molar-refractivity contribution in [1.82, 2.24) is 0 Å².